The van der Waals surface area contributed by atoms with Crippen LogP contribution in [0, 0.1) is 6.92 Å². The number of hydrogen-bond acceptors (Lipinski definition) is 7. The maximum absolute atomic E-state index is 5.18. The van der Waals surface area contributed by atoms with Gasteiger partial charge in [0.05, 0.1) is 5.56 Å². The van der Waals surface area contributed by atoms with Crippen molar-refractivity contribution in [2.45, 2.75) is 19.8 Å². The first-order chi connectivity index (χ1) is 9.83. The molecule has 1 aliphatic rings. The largest absolute Gasteiger partial charge is 0.334 e. The van der Waals surface area contributed by atoms with Crippen LogP contribution in [-0.4, -0.2) is 33.9 Å². The minimum Gasteiger partial charge on any atom is -0.334 e. The molecule has 1 fully saturated rings. The Bertz CT molecular complexity index is 613. The molecule has 20 heavy (non-hydrogen) atoms. The Morgan fingerprint density at radius 3 is 2.95 bits per heavy atom. The average molecular weight is 272 g/mol. The molecule has 1 aliphatic heterocycles. The highest BCUT2D eigenvalue weighted by Gasteiger charge is 2.12. The van der Waals surface area contributed by atoms with Crippen LogP contribution in [0.5, 0.6) is 0 Å². The normalized spacial score (nSPS) is 15.2. The first-order valence-electron chi connectivity index (χ1n) is 6.61. The highest BCUT2D eigenvalue weighted by Crippen LogP contribution is 2.24. The molecular formula is C13H16N6O. The van der Waals surface area contributed by atoms with E-state index < -0.39 is 0 Å². The van der Waals surface area contributed by atoms with E-state index in [1.807, 2.05) is 12.1 Å². The topological polar surface area (TPSA) is 88.2 Å². The van der Waals surface area contributed by atoms with Crippen LogP contribution in [0.25, 0.3) is 11.5 Å². The third-order valence-electron chi connectivity index (χ3n) is 3.07. The van der Waals surface area contributed by atoms with Gasteiger partial charge in [-0.05, 0) is 19.1 Å². The summed E-state index contributed by atoms with van der Waals surface area (Å²) in [4.78, 5) is 8.51. The zero-order valence-electron chi connectivity index (χ0n) is 11.3. The van der Waals surface area contributed by atoms with Crippen LogP contribution in [0.3, 0.4) is 0 Å². The number of anilines is 1. The molecule has 0 amide bonds. The fourth-order valence-electron chi connectivity index (χ4n) is 2.03. The Labute approximate surface area is 116 Å². The van der Waals surface area contributed by atoms with Crippen LogP contribution >= 0.6 is 0 Å². The van der Waals surface area contributed by atoms with Gasteiger partial charge in [-0.25, -0.2) is 4.98 Å². The van der Waals surface area contributed by atoms with E-state index in [9.17, 15) is 0 Å². The van der Waals surface area contributed by atoms with Crippen LogP contribution in [0.2, 0.25) is 0 Å². The van der Waals surface area contributed by atoms with Gasteiger partial charge in [-0.15, -0.1) is 0 Å². The minimum absolute atomic E-state index is 0.448. The standard InChI is InChI=1S/C13H16N6O/c1-9-16-13(20-19-9)11-3-2-6-15-12(11)18-17-10-4-7-14-8-5-10/h2-3,6,14H,4-5,7-8H2,1H3,(H,15,18). The SMILES string of the molecule is Cc1noc(-c2cccnc2NN=C2CCNCC2)n1. The summed E-state index contributed by atoms with van der Waals surface area (Å²) in [6.45, 7) is 3.72. The van der Waals surface area contributed by atoms with Gasteiger partial charge in [0.2, 0.25) is 0 Å². The number of nitrogens with one attached hydrogen (secondary N) is 2. The summed E-state index contributed by atoms with van der Waals surface area (Å²) < 4.78 is 5.18. The van der Waals surface area contributed by atoms with Gasteiger partial charge in [0, 0.05) is 37.8 Å². The second-order valence-corrected chi connectivity index (χ2v) is 4.59. The van der Waals surface area contributed by atoms with Crippen molar-refractivity contribution < 1.29 is 4.52 Å². The van der Waals surface area contributed by atoms with E-state index in [2.05, 4.69) is 31.0 Å². The van der Waals surface area contributed by atoms with Crippen molar-refractivity contribution in [1.82, 2.24) is 20.4 Å². The van der Waals surface area contributed by atoms with Gasteiger partial charge in [0.15, 0.2) is 11.6 Å². The zero-order valence-corrected chi connectivity index (χ0v) is 11.3. The van der Waals surface area contributed by atoms with Gasteiger partial charge in [-0.2, -0.15) is 10.1 Å². The van der Waals surface area contributed by atoms with Gasteiger partial charge in [0.25, 0.3) is 5.89 Å². The fourth-order valence-corrected chi connectivity index (χ4v) is 2.03. The highest BCUT2D eigenvalue weighted by atomic mass is 16.5. The fraction of sp³-hybridized carbons (Fsp3) is 0.385. The summed E-state index contributed by atoms with van der Waals surface area (Å²) >= 11 is 0. The third kappa shape index (κ3) is 2.83. The summed E-state index contributed by atoms with van der Waals surface area (Å²) in [5.41, 5.74) is 4.91. The lowest BCUT2D eigenvalue weighted by atomic mass is 10.1. The third-order valence-corrected chi connectivity index (χ3v) is 3.07. The first kappa shape index (κ1) is 12.7. The van der Waals surface area contributed by atoms with E-state index in [4.69, 9.17) is 4.52 Å². The molecule has 0 aliphatic carbocycles. The monoisotopic (exact) mass is 272 g/mol. The summed E-state index contributed by atoms with van der Waals surface area (Å²) in [7, 11) is 0. The quantitative estimate of drug-likeness (QED) is 0.825. The lowest BCUT2D eigenvalue weighted by molar-refractivity contribution is 0.425. The molecule has 7 heteroatoms. The molecule has 3 rings (SSSR count). The Balaban J connectivity index is 1.83. The number of nitrogens with zero attached hydrogens (tertiary/aromatic N) is 4. The lowest BCUT2D eigenvalue weighted by Crippen LogP contribution is -2.28. The number of aromatic nitrogens is 3. The number of hydrogen-bond donors (Lipinski definition) is 2. The summed E-state index contributed by atoms with van der Waals surface area (Å²) in [5, 5.41) is 11.5. The maximum atomic E-state index is 5.18. The molecule has 0 saturated carbocycles. The first-order valence-corrected chi connectivity index (χ1v) is 6.61. The van der Waals surface area contributed by atoms with Crippen molar-refractivity contribution >= 4 is 11.5 Å². The zero-order chi connectivity index (χ0) is 13.8. The number of rotatable bonds is 3. The summed E-state index contributed by atoms with van der Waals surface area (Å²) in [5.74, 6) is 1.67. The van der Waals surface area contributed by atoms with E-state index in [0.717, 1.165) is 37.2 Å². The van der Waals surface area contributed by atoms with E-state index >= 15 is 0 Å². The average Bonchev–Trinajstić information content (AvgIpc) is 2.93. The maximum Gasteiger partial charge on any atom is 0.261 e. The molecule has 7 nitrogen and oxygen atoms in total. The van der Waals surface area contributed by atoms with Gasteiger partial charge in [-0.3, -0.25) is 5.43 Å². The number of piperidine rings is 1. The molecule has 0 aromatic carbocycles. The molecule has 3 heterocycles. The highest BCUT2D eigenvalue weighted by molar-refractivity contribution is 5.86. The molecule has 2 aromatic rings. The van der Waals surface area contributed by atoms with Crippen molar-refractivity contribution in [3.63, 3.8) is 0 Å². The number of aryl methyl sites for hydroxylation is 1. The van der Waals surface area contributed by atoms with Crippen molar-refractivity contribution in [3.05, 3.63) is 24.2 Å². The van der Waals surface area contributed by atoms with Gasteiger partial charge in [-0.1, -0.05) is 5.16 Å². The van der Waals surface area contributed by atoms with Gasteiger partial charge < -0.3 is 9.84 Å². The van der Waals surface area contributed by atoms with Gasteiger partial charge in [0.1, 0.15) is 0 Å². The molecule has 0 spiro atoms. The molecule has 0 radical (unpaired) electrons. The molecule has 1 saturated heterocycles. The molecule has 104 valence electrons. The molecule has 0 bridgehead atoms. The van der Waals surface area contributed by atoms with Crippen LogP contribution in [0.4, 0.5) is 5.82 Å². The smallest absolute Gasteiger partial charge is 0.261 e. The predicted octanol–water partition coefficient (Wildman–Crippen LogP) is 1.59. The van der Waals surface area contributed by atoms with Crippen LogP contribution in [0.15, 0.2) is 28.0 Å². The second-order valence-electron chi connectivity index (χ2n) is 4.59. The van der Waals surface area contributed by atoms with Crippen LogP contribution < -0.4 is 10.7 Å². The molecular weight excluding hydrogens is 256 g/mol. The number of pyridine rings is 1. The second kappa shape index (κ2) is 5.79. The van der Waals surface area contributed by atoms with Crippen LogP contribution in [0.1, 0.15) is 18.7 Å². The van der Waals surface area contributed by atoms with E-state index in [1.165, 1.54) is 0 Å². The van der Waals surface area contributed by atoms with Crippen molar-refractivity contribution in [1.29, 1.82) is 0 Å². The van der Waals surface area contributed by atoms with Crippen LogP contribution in [-0.2, 0) is 0 Å². The van der Waals surface area contributed by atoms with Gasteiger partial charge >= 0.3 is 0 Å². The molecule has 0 atom stereocenters. The lowest BCUT2D eigenvalue weighted by Gasteiger charge is -2.14. The van der Waals surface area contributed by atoms with E-state index in [0.29, 0.717) is 17.5 Å². The summed E-state index contributed by atoms with van der Waals surface area (Å²) in [6, 6.07) is 3.71. The Morgan fingerprint density at radius 1 is 1.35 bits per heavy atom. The van der Waals surface area contributed by atoms with Crippen molar-refractivity contribution in [2.75, 3.05) is 18.5 Å². The van der Waals surface area contributed by atoms with Crippen molar-refractivity contribution in [3.8, 4) is 11.5 Å². The molecule has 2 aromatic heterocycles. The number of hydrazone groups is 1. The van der Waals surface area contributed by atoms with E-state index in [-0.39, 0.29) is 0 Å². The molecule has 2 N–H and O–H groups in total. The summed E-state index contributed by atoms with van der Waals surface area (Å²) in [6.07, 6.45) is 3.61. The Kier molecular flexibility index (Phi) is 3.69. The predicted molar refractivity (Wildman–Crippen MR) is 75.4 cm³/mol. The Hall–Kier alpha value is -2.28. The molecule has 0 unspecified atom stereocenters. The Morgan fingerprint density at radius 2 is 2.20 bits per heavy atom. The minimum atomic E-state index is 0.448. The van der Waals surface area contributed by atoms with E-state index in [1.54, 1.807) is 13.1 Å². The van der Waals surface area contributed by atoms with Crippen molar-refractivity contribution in [2.24, 2.45) is 5.10 Å².